The Morgan fingerprint density at radius 1 is 1.22 bits per heavy atom. The van der Waals surface area contributed by atoms with Gasteiger partial charge in [-0.3, -0.25) is 0 Å². The molecular weight excluding hydrogens is 310 g/mol. The molecule has 1 aliphatic heterocycles. The first-order chi connectivity index (χ1) is 8.60. The van der Waals surface area contributed by atoms with Gasteiger partial charge in [-0.2, -0.15) is 0 Å². The van der Waals surface area contributed by atoms with Crippen LogP contribution in [0.25, 0.3) is 0 Å². The van der Waals surface area contributed by atoms with E-state index in [0.717, 1.165) is 9.50 Å². The molecule has 1 saturated heterocycles. The number of rotatable bonds is 5. The van der Waals surface area contributed by atoms with Crippen molar-refractivity contribution in [2.24, 2.45) is 5.41 Å². The van der Waals surface area contributed by atoms with E-state index in [2.05, 4.69) is 46.8 Å². The van der Waals surface area contributed by atoms with E-state index in [9.17, 15) is 0 Å². The van der Waals surface area contributed by atoms with Crippen LogP contribution in [-0.4, -0.2) is 13.1 Å². The summed E-state index contributed by atoms with van der Waals surface area (Å²) in [6, 6.07) is 6.22. The van der Waals surface area contributed by atoms with Crippen LogP contribution < -0.4 is 4.90 Å². The molecule has 0 N–H and O–H groups in total. The smallest absolute Gasteiger partial charge is 0.0549 e. The zero-order chi connectivity index (χ0) is 13.2. The molecule has 0 spiro atoms. The molecule has 0 aromatic heterocycles. The molecule has 2 rings (SSSR count). The zero-order valence-electron chi connectivity index (χ0n) is 11.2. The number of hydrogen-bond donors (Lipinski definition) is 0. The van der Waals surface area contributed by atoms with Gasteiger partial charge in [0.2, 0.25) is 0 Å². The van der Waals surface area contributed by atoms with Crippen LogP contribution in [0.2, 0.25) is 5.02 Å². The molecule has 0 unspecified atom stereocenters. The lowest BCUT2D eigenvalue weighted by molar-refractivity contribution is 0.173. The second kappa shape index (κ2) is 5.83. The second-order valence-electron chi connectivity index (χ2n) is 5.45. The molecule has 0 bridgehead atoms. The first-order valence-corrected chi connectivity index (χ1v) is 7.97. The first-order valence-electron chi connectivity index (χ1n) is 6.80. The molecule has 1 fully saturated rings. The van der Waals surface area contributed by atoms with Crippen molar-refractivity contribution in [1.82, 2.24) is 0 Å². The van der Waals surface area contributed by atoms with Gasteiger partial charge in [-0.1, -0.05) is 38.3 Å². The normalized spacial score (nSPS) is 17.7. The third kappa shape index (κ3) is 2.85. The van der Waals surface area contributed by atoms with Crippen LogP contribution in [0.15, 0.2) is 22.7 Å². The molecule has 3 heteroatoms. The van der Waals surface area contributed by atoms with Crippen LogP contribution >= 0.6 is 27.5 Å². The van der Waals surface area contributed by atoms with Gasteiger partial charge in [-0.15, -0.1) is 0 Å². The number of hydrogen-bond acceptors (Lipinski definition) is 1. The highest BCUT2D eigenvalue weighted by Gasteiger charge is 2.41. The zero-order valence-corrected chi connectivity index (χ0v) is 13.5. The number of benzene rings is 1. The molecule has 0 atom stereocenters. The van der Waals surface area contributed by atoms with Crippen molar-refractivity contribution >= 4 is 33.2 Å². The van der Waals surface area contributed by atoms with E-state index < -0.39 is 0 Å². The van der Waals surface area contributed by atoms with Gasteiger partial charge in [0.1, 0.15) is 0 Å². The highest BCUT2D eigenvalue weighted by atomic mass is 79.9. The van der Waals surface area contributed by atoms with Crippen LogP contribution in [0.3, 0.4) is 0 Å². The fourth-order valence-electron chi connectivity index (χ4n) is 3.13. The summed E-state index contributed by atoms with van der Waals surface area (Å²) in [7, 11) is 0. The number of anilines is 1. The van der Waals surface area contributed by atoms with E-state index >= 15 is 0 Å². The van der Waals surface area contributed by atoms with Crippen molar-refractivity contribution in [1.29, 1.82) is 0 Å². The van der Waals surface area contributed by atoms with Crippen LogP contribution in [0.4, 0.5) is 5.69 Å². The Kier molecular flexibility index (Phi) is 4.60. The van der Waals surface area contributed by atoms with Gasteiger partial charge in [-0.25, -0.2) is 0 Å². The fraction of sp³-hybridized carbons (Fsp3) is 0.600. The summed E-state index contributed by atoms with van der Waals surface area (Å²) in [4.78, 5) is 2.46. The summed E-state index contributed by atoms with van der Waals surface area (Å²) in [5, 5.41) is 0.785. The van der Waals surface area contributed by atoms with Gasteiger partial charge >= 0.3 is 0 Å². The fourth-order valence-corrected chi connectivity index (χ4v) is 3.61. The van der Waals surface area contributed by atoms with Crippen molar-refractivity contribution in [3.63, 3.8) is 0 Å². The van der Waals surface area contributed by atoms with Crippen LogP contribution in [0.1, 0.15) is 39.5 Å². The maximum absolute atomic E-state index is 6.04. The minimum Gasteiger partial charge on any atom is -0.370 e. The Balaban J connectivity index is 2.04. The first kappa shape index (κ1) is 14.2. The highest BCUT2D eigenvalue weighted by Crippen LogP contribution is 2.42. The highest BCUT2D eigenvalue weighted by molar-refractivity contribution is 9.10. The molecule has 1 aliphatic rings. The Labute approximate surface area is 124 Å². The minimum absolute atomic E-state index is 0.565. The SMILES string of the molecule is CCCC1(CCC)CN(c2ccc(Cl)c(Br)c2)C1. The van der Waals surface area contributed by atoms with Crippen molar-refractivity contribution in [3.05, 3.63) is 27.7 Å². The lowest BCUT2D eigenvalue weighted by Gasteiger charge is -2.52. The molecule has 1 aromatic carbocycles. The lowest BCUT2D eigenvalue weighted by Crippen LogP contribution is -2.56. The summed E-state index contributed by atoms with van der Waals surface area (Å²) in [6.07, 6.45) is 5.29. The van der Waals surface area contributed by atoms with Gasteiger partial charge in [0.05, 0.1) is 5.02 Å². The lowest BCUT2D eigenvalue weighted by atomic mass is 9.72. The van der Waals surface area contributed by atoms with E-state index in [1.165, 1.54) is 44.5 Å². The minimum atomic E-state index is 0.565. The van der Waals surface area contributed by atoms with Gasteiger partial charge in [-0.05, 0) is 47.0 Å². The van der Waals surface area contributed by atoms with E-state index in [0.29, 0.717) is 5.41 Å². The Hall–Kier alpha value is -0.210. The van der Waals surface area contributed by atoms with E-state index in [4.69, 9.17) is 11.6 Å². The van der Waals surface area contributed by atoms with Gasteiger partial charge in [0, 0.05) is 28.7 Å². The summed E-state index contributed by atoms with van der Waals surface area (Å²) in [5.41, 5.74) is 1.85. The van der Waals surface area contributed by atoms with Crippen molar-refractivity contribution in [2.75, 3.05) is 18.0 Å². The predicted molar refractivity (Wildman–Crippen MR) is 83.6 cm³/mol. The number of halogens is 2. The Morgan fingerprint density at radius 2 is 1.83 bits per heavy atom. The third-order valence-corrected chi connectivity index (χ3v) is 5.10. The van der Waals surface area contributed by atoms with Crippen LogP contribution in [0.5, 0.6) is 0 Å². The molecule has 100 valence electrons. The van der Waals surface area contributed by atoms with Crippen LogP contribution in [-0.2, 0) is 0 Å². The summed E-state index contributed by atoms with van der Waals surface area (Å²) >= 11 is 9.54. The molecular formula is C15H21BrClN. The Bertz CT molecular complexity index is 405. The molecule has 18 heavy (non-hydrogen) atoms. The van der Waals surface area contributed by atoms with Crippen molar-refractivity contribution < 1.29 is 0 Å². The van der Waals surface area contributed by atoms with E-state index in [-0.39, 0.29) is 0 Å². The largest absolute Gasteiger partial charge is 0.370 e. The predicted octanol–water partition coefficient (Wildman–Crippen LogP) is 5.51. The molecule has 0 radical (unpaired) electrons. The van der Waals surface area contributed by atoms with Gasteiger partial charge < -0.3 is 4.90 Å². The van der Waals surface area contributed by atoms with Gasteiger partial charge in [0.15, 0.2) is 0 Å². The third-order valence-electron chi connectivity index (χ3n) is 3.88. The van der Waals surface area contributed by atoms with Gasteiger partial charge in [0.25, 0.3) is 0 Å². The van der Waals surface area contributed by atoms with Crippen molar-refractivity contribution in [3.8, 4) is 0 Å². The molecule has 0 aliphatic carbocycles. The average Bonchev–Trinajstić information content (AvgIpc) is 2.29. The molecule has 1 nitrogen and oxygen atoms in total. The summed E-state index contributed by atoms with van der Waals surface area (Å²) < 4.78 is 0.991. The summed E-state index contributed by atoms with van der Waals surface area (Å²) in [6.45, 7) is 6.98. The monoisotopic (exact) mass is 329 g/mol. The molecule has 1 heterocycles. The second-order valence-corrected chi connectivity index (χ2v) is 6.72. The molecule has 1 aromatic rings. The van der Waals surface area contributed by atoms with Crippen molar-refractivity contribution in [2.45, 2.75) is 39.5 Å². The standard InChI is InChI=1S/C15H21BrClN/c1-3-7-15(8-4-2)10-18(11-15)12-5-6-14(17)13(16)9-12/h5-6,9H,3-4,7-8,10-11H2,1-2H3. The maximum Gasteiger partial charge on any atom is 0.0549 e. The van der Waals surface area contributed by atoms with Crippen LogP contribution in [0, 0.1) is 5.41 Å². The number of nitrogens with zero attached hydrogens (tertiary/aromatic N) is 1. The molecule has 0 saturated carbocycles. The van der Waals surface area contributed by atoms with E-state index in [1.54, 1.807) is 0 Å². The summed E-state index contributed by atoms with van der Waals surface area (Å²) in [5.74, 6) is 0. The molecule has 0 amide bonds. The average molecular weight is 331 g/mol. The quantitative estimate of drug-likeness (QED) is 0.688. The van der Waals surface area contributed by atoms with E-state index in [1.807, 2.05) is 6.07 Å². The topological polar surface area (TPSA) is 3.24 Å². The Morgan fingerprint density at radius 3 is 2.33 bits per heavy atom. The maximum atomic E-state index is 6.04.